The fourth-order valence-corrected chi connectivity index (χ4v) is 3.47. The zero-order valence-corrected chi connectivity index (χ0v) is 14.5. The summed E-state index contributed by atoms with van der Waals surface area (Å²) >= 11 is 0. The molecule has 2 aromatic carbocycles. The second kappa shape index (κ2) is 6.87. The predicted molar refractivity (Wildman–Crippen MR) is 83.7 cm³/mol. The fourth-order valence-electron chi connectivity index (χ4n) is 2.23. The summed E-state index contributed by atoms with van der Waals surface area (Å²) in [6.07, 6.45) is 0.184. The van der Waals surface area contributed by atoms with E-state index in [1.807, 2.05) is 0 Å². The van der Waals surface area contributed by atoms with Gasteiger partial charge in [0.1, 0.15) is 0 Å². The largest absolute Gasteiger partial charge is 0.494 e. The molecule has 1 saturated carbocycles. The van der Waals surface area contributed by atoms with Crippen molar-refractivity contribution in [2.24, 2.45) is 0 Å². The molecule has 11 heteroatoms. The molecule has 1 aliphatic rings. The van der Waals surface area contributed by atoms with Gasteiger partial charge in [0.15, 0.2) is 33.8 Å². The van der Waals surface area contributed by atoms with Gasteiger partial charge in [-0.25, -0.2) is 26.0 Å². The van der Waals surface area contributed by atoms with Crippen LogP contribution in [0.25, 0.3) is 0 Å². The molecule has 0 saturated heterocycles. The van der Waals surface area contributed by atoms with Gasteiger partial charge in [-0.3, -0.25) is 4.72 Å². The normalized spacial score (nSPS) is 14.1. The molecule has 0 aromatic heterocycles. The van der Waals surface area contributed by atoms with Gasteiger partial charge in [0.05, 0.1) is 18.9 Å². The van der Waals surface area contributed by atoms with Crippen LogP contribution in [0.4, 0.5) is 27.6 Å². The van der Waals surface area contributed by atoms with E-state index in [9.17, 15) is 30.4 Å². The summed E-state index contributed by atoms with van der Waals surface area (Å²) in [6.45, 7) is 0. The maximum atomic E-state index is 14.2. The van der Waals surface area contributed by atoms with E-state index in [1.54, 1.807) is 4.72 Å². The van der Waals surface area contributed by atoms with Crippen LogP contribution < -0.4 is 14.2 Å². The van der Waals surface area contributed by atoms with E-state index < -0.39 is 55.9 Å². The number of rotatable bonds is 6. The maximum absolute atomic E-state index is 14.2. The lowest BCUT2D eigenvalue weighted by Crippen LogP contribution is -2.19. The minimum Gasteiger partial charge on any atom is -0.494 e. The molecule has 1 aliphatic carbocycles. The van der Waals surface area contributed by atoms with Crippen molar-refractivity contribution in [1.82, 2.24) is 0 Å². The van der Waals surface area contributed by atoms with Gasteiger partial charge in [-0.2, -0.15) is 4.39 Å². The highest BCUT2D eigenvalue weighted by molar-refractivity contribution is 7.92. The SMILES string of the molecule is COc1ccc(NS(=O)(=O)c2c(F)c(F)c(F)c(F)c2OC2CC2)cc1F. The van der Waals surface area contributed by atoms with Crippen LogP contribution in [-0.2, 0) is 10.0 Å². The number of anilines is 1. The molecule has 5 nitrogen and oxygen atoms in total. The van der Waals surface area contributed by atoms with Crippen LogP contribution >= 0.6 is 0 Å². The van der Waals surface area contributed by atoms with E-state index in [-0.39, 0.29) is 11.4 Å². The smallest absolute Gasteiger partial charge is 0.268 e. The summed E-state index contributed by atoms with van der Waals surface area (Å²) in [5.41, 5.74) is -0.379. The molecule has 0 spiro atoms. The van der Waals surface area contributed by atoms with Gasteiger partial charge in [0.25, 0.3) is 10.0 Å². The molecule has 0 unspecified atom stereocenters. The molecular formula is C16H12F5NO4S. The zero-order valence-electron chi connectivity index (χ0n) is 13.7. The molecule has 0 heterocycles. The Kier molecular flexibility index (Phi) is 4.89. The number of ether oxygens (including phenoxy) is 2. The first-order valence-corrected chi connectivity index (χ1v) is 9.03. The Morgan fingerprint density at radius 2 is 1.63 bits per heavy atom. The van der Waals surface area contributed by atoms with Crippen molar-refractivity contribution in [2.45, 2.75) is 23.8 Å². The molecule has 0 radical (unpaired) electrons. The minimum atomic E-state index is -4.99. The summed E-state index contributed by atoms with van der Waals surface area (Å²) in [5.74, 6) is -11.0. The molecule has 0 aliphatic heterocycles. The fraction of sp³-hybridized carbons (Fsp3) is 0.250. The molecule has 1 fully saturated rings. The lowest BCUT2D eigenvalue weighted by Gasteiger charge is -2.16. The maximum Gasteiger partial charge on any atom is 0.268 e. The summed E-state index contributed by atoms with van der Waals surface area (Å²) in [4.78, 5) is -1.54. The molecule has 1 N–H and O–H groups in total. The van der Waals surface area contributed by atoms with Crippen LogP contribution in [0.3, 0.4) is 0 Å². The van der Waals surface area contributed by atoms with E-state index in [4.69, 9.17) is 4.74 Å². The van der Waals surface area contributed by atoms with Crippen LogP contribution in [0, 0.1) is 29.1 Å². The monoisotopic (exact) mass is 409 g/mol. The van der Waals surface area contributed by atoms with E-state index in [2.05, 4.69) is 4.74 Å². The molecule has 0 amide bonds. The minimum absolute atomic E-state index is 0.194. The molecule has 27 heavy (non-hydrogen) atoms. The first-order valence-electron chi connectivity index (χ1n) is 7.54. The van der Waals surface area contributed by atoms with Crippen molar-refractivity contribution < 1.29 is 39.8 Å². The number of sulfonamides is 1. The Balaban J connectivity index is 2.09. The first-order chi connectivity index (χ1) is 12.7. The lowest BCUT2D eigenvalue weighted by atomic mass is 10.3. The van der Waals surface area contributed by atoms with Crippen molar-refractivity contribution in [2.75, 3.05) is 11.8 Å². The number of halogens is 5. The van der Waals surface area contributed by atoms with Gasteiger partial charge < -0.3 is 9.47 Å². The van der Waals surface area contributed by atoms with Crippen LogP contribution in [0.1, 0.15) is 12.8 Å². The predicted octanol–water partition coefficient (Wildman–Crippen LogP) is 3.73. The lowest BCUT2D eigenvalue weighted by molar-refractivity contribution is 0.262. The summed E-state index contributed by atoms with van der Waals surface area (Å²) in [7, 11) is -3.81. The van der Waals surface area contributed by atoms with Crippen LogP contribution in [0.2, 0.25) is 0 Å². The van der Waals surface area contributed by atoms with Crippen molar-refractivity contribution in [3.63, 3.8) is 0 Å². The van der Waals surface area contributed by atoms with E-state index in [0.29, 0.717) is 18.9 Å². The Morgan fingerprint density at radius 3 is 2.19 bits per heavy atom. The Hall–Kier alpha value is -2.56. The molecular weight excluding hydrogens is 397 g/mol. The molecule has 2 aromatic rings. The highest BCUT2D eigenvalue weighted by Crippen LogP contribution is 2.38. The van der Waals surface area contributed by atoms with Gasteiger partial charge >= 0.3 is 0 Å². The summed E-state index contributed by atoms with van der Waals surface area (Å²) in [6, 6.07) is 2.87. The van der Waals surface area contributed by atoms with Crippen LogP contribution in [0.5, 0.6) is 11.5 Å². The van der Waals surface area contributed by atoms with E-state index >= 15 is 0 Å². The van der Waals surface area contributed by atoms with Crippen molar-refractivity contribution >= 4 is 15.7 Å². The van der Waals surface area contributed by atoms with Crippen molar-refractivity contribution in [1.29, 1.82) is 0 Å². The third kappa shape index (κ3) is 3.64. The molecule has 0 atom stereocenters. The average molecular weight is 409 g/mol. The topological polar surface area (TPSA) is 64.6 Å². The van der Waals surface area contributed by atoms with Gasteiger partial charge in [-0.15, -0.1) is 0 Å². The number of nitrogens with one attached hydrogen (secondary N) is 1. The van der Waals surface area contributed by atoms with E-state index in [1.165, 1.54) is 7.11 Å². The van der Waals surface area contributed by atoms with Gasteiger partial charge in [0, 0.05) is 6.07 Å². The first kappa shape index (κ1) is 19.2. The van der Waals surface area contributed by atoms with Crippen molar-refractivity contribution in [3.8, 4) is 11.5 Å². The average Bonchev–Trinajstić information content (AvgIpc) is 3.41. The Bertz CT molecular complexity index is 1010. The quantitative estimate of drug-likeness (QED) is 0.449. The second-order valence-electron chi connectivity index (χ2n) is 5.69. The second-order valence-corrected chi connectivity index (χ2v) is 7.31. The third-order valence-corrected chi connectivity index (χ3v) is 5.07. The Labute approximate surface area is 150 Å². The standard InChI is InChI=1S/C16H12F5NO4S/c1-25-10-5-2-7(6-9(10)17)22-27(23,24)16-14(21)12(19)11(18)13(20)15(16)26-8-3-4-8/h2,5-6,8,22H,3-4H2,1H3. The highest BCUT2D eigenvalue weighted by Gasteiger charge is 2.37. The number of hydrogen-bond donors (Lipinski definition) is 1. The van der Waals surface area contributed by atoms with E-state index in [0.717, 1.165) is 12.1 Å². The number of benzene rings is 2. The molecule has 3 rings (SSSR count). The summed E-state index contributed by atoms with van der Waals surface area (Å²) in [5, 5.41) is 0. The van der Waals surface area contributed by atoms with Crippen LogP contribution in [-0.4, -0.2) is 21.6 Å². The number of methoxy groups -OCH3 is 1. The van der Waals surface area contributed by atoms with Gasteiger partial charge in [0.2, 0.25) is 11.6 Å². The molecule has 146 valence electrons. The summed E-state index contributed by atoms with van der Waals surface area (Å²) < 4.78 is 105. The molecule has 0 bridgehead atoms. The van der Waals surface area contributed by atoms with Gasteiger partial charge in [-0.1, -0.05) is 0 Å². The third-order valence-electron chi connectivity index (χ3n) is 3.66. The number of hydrogen-bond acceptors (Lipinski definition) is 4. The van der Waals surface area contributed by atoms with Gasteiger partial charge in [-0.05, 0) is 25.0 Å². The Morgan fingerprint density at radius 1 is 1.00 bits per heavy atom. The highest BCUT2D eigenvalue weighted by atomic mass is 32.2. The van der Waals surface area contributed by atoms with Crippen molar-refractivity contribution in [3.05, 3.63) is 47.3 Å². The zero-order chi connectivity index (χ0) is 19.9. The van der Waals surface area contributed by atoms with Crippen LogP contribution in [0.15, 0.2) is 23.1 Å².